The average Bonchev–Trinajstić information content (AvgIpc) is 2.52. The predicted octanol–water partition coefficient (Wildman–Crippen LogP) is 2.00. The Morgan fingerprint density at radius 3 is 2.52 bits per heavy atom. The average molecular weight is 326 g/mol. The molecule has 1 heterocycles. The number of aliphatic imine (C=N–C) groups is 1. The van der Waals surface area contributed by atoms with Crippen molar-refractivity contribution in [2.75, 3.05) is 53.9 Å². The third-order valence-electron chi connectivity index (χ3n) is 4.71. The molecule has 5 nitrogen and oxygen atoms in total. The molecule has 1 rings (SSSR count). The lowest BCUT2D eigenvalue weighted by Gasteiger charge is -2.37. The first-order valence-corrected chi connectivity index (χ1v) is 9.36. The van der Waals surface area contributed by atoms with Crippen LogP contribution in [0.4, 0.5) is 0 Å². The van der Waals surface area contributed by atoms with E-state index in [1.807, 2.05) is 7.05 Å². The van der Waals surface area contributed by atoms with Crippen LogP contribution in [0.15, 0.2) is 4.99 Å². The van der Waals surface area contributed by atoms with Crippen LogP contribution in [0, 0.1) is 5.92 Å². The molecule has 5 heteroatoms. The number of hydrogen-bond donors (Lipinski definition) is 2. The smallest absolute Gasteiger partial charge is 0.191 e. The molecule has 0 aromatic rings. The first kappa shape index (κ1) is 20.2. The molecule has 1 unspecified atom stereocenters. The summed E-state index contributed by atoms with van der Waals surface area (Å²) in [7, 11) is 6.27. The second-order valence-corrected chi connectivity index (χ2v) is 7.37. The van der Waals surface area contributed by atoms with Crippen LogP contribution in [-0.2, 0) is 0 Å². The van der Waals surface area contributed by atoms with Crippen molar-refractivity contribution in [3.8, 4) is 0 Å². The molecule has 1 fully saturated rings. The molecule has 0 aliphatic carbocycles. The molecule has 0 amide bonds. The van der Waals surface area contributed by atoms with Gasteiger partial charge >= 0.3 is 0 Å². The largest absolute Gasteiger partial charge is 0.356 e. The van der Waals surface area contributed by atoms with Crippen molar-refractivity contribution in [3.05, 3.63) is 0 Å². The van der Waals surface area contributed by atoms with E-state index in [1.165, 1.54) is 32.1 Å². The number of guanidine groups is 1. The van der Waals surface area contributed by atoms with E-state index in [4.69, 9.17) is 0 Å². The molecule has 2 N–H and O–H groups in total. The number of nitrogens with zero attached hydrogens (tertiary/aromatic N) is 3. The Morgan fingerprint density at radius 1 is 1.09 bits per heavy atom. The second-order valence-electron chi connectivity index (χ2n) is 7.37. The zero-order valence-corrected chi connectivity index (χ0v) is 16.1. The van der Waals surface area contributed by atoms with E-state index in [0.717, 1.165) is 44.6 Å². The molecule has 1 aliphatic rings. The Hall–Kier alpha value is -0.810. The minimum atomic E-state index is 0.559. The Labute approximate surface area is 143 Å². The molecular formula is C18H39N5. The molecule has 1 atom stereocenters. The molecule has 0 aromatic carbocycles. The van der Waals surface area contributed by atoms with Gasteiger partial charge < -0.3 is 15.5 Å². The summed E-state index contributed by atoms with van der Waals surface area (Å²) in [5, 5.41) is 6.92. The number of unbranched alkanes of at least 4 members (excludes halogenated alkanes) is 3. The van der Waals surface area contributed by atoms with Crippen LogP contribution in [0.3, 0.4) is 0 Å². The monoisotopic (exact) mass is 325 g/mol. The molecule has 0 radical (unpaired) electrons. The van der Waals surface area contributed by atoms with Gasteiger partial charge in [0.05, 0.1) is 0 Å². The van der Waals surface area contributed by atoms with Crippen LogP contribution in [0.1, 0.15) is 46.0 Å². The van der Waals surface area contributed by atoms with Gasteiger partial charge in [-0.15, -0.1) is 0 Å². The highest BCUT2D eigenvalue weighted by atomic mass is 15.3. The fraction of sp³-hybridized carbons (Fsp3) is 0.944. The maximum Gasteiger partial charge on any atom is 0.191 e. The minimum Gasteiger partial charge on any atom is -0.356 e. The van der Waals surface area contributed by atoms with E-state index in [9.17, 15) is 0 Å². The number of piperazine rings is 1. The topological polar surface area (TPSA) is 42.9 Å². The Balaban J connectivity index is 2.10. The summed E-state index contributed by atoms with van der Waals surface area (Å²) < 4.78 is 0. The molecule has 136 valence electrons. The third-order valence-corrected chi connectivity index (χ3v) is 4.71. The Kier molecular flexibility index (Phi) is 10.3. The van der Waals surface area contributed by atoms with Crippen molar-refractivity contribution in [1.29, 1.82) is 0 Å². The van der Waals surface area contributed by atoms with E-state index in [1.54, 1.807) is 0 Å². The van der Waals surface area contributed by atoms with Gasteiger partial charge in [-0.2, -0.15) is 0 Å². The summed E-state index contributed by atoms with van der Waals surface area (Å²) in [4.78, 5) is 9.18. The highest BCUT2D eigenvalue weighted by Crippen LogP contribution is 2.09. The van der Waals surface area contributed by atoms with Crippen LogP contribution < -0.4 is 10.6 Å². The molecule has 23 heavy (non-hydrogen) atoms. The zero-order valence-electron chi connectivity index (χ0n) is 16.1. The van der Waals surface area contributed by atoms with Crippen LogP contribution in [-0.4, -0.2) is 75.7 Å². The van der Waals surface area contributed by atoms with Crippen molar-refractivity contribution in [3.63, 3.8) is 0 Å². The van der Waals surface area contributed by atoms with E-state index in [-0.39, 0.29) is 0 Å². The maximum atomic E-state index is 4.34. The number of nitrogens with one attached hydrogen (secondary N) is 2. The van der Waals surface area contributed by atoms with Gasteiger partial charge in [0, 0.05) is 45.8 Å². The SMILES string of the molecule is CN=C(NCCCCCCC(C)C)NCC1CN(C)CCN1C. The van der Waals surface area contributed by atoms with Crippen LogP contribution >= 0.6 is 0 Å². The van der Waals surface area contributed by atoms with Crippen molar-refractivity contribution in [1.82, 2.24) is 20.4 Å². The molecule has 0 saturated carbocycles. The van der Waals surface area contributed by atoms with Gasteiger partial charge in [0.2, 0.25) is 0 Å². The van der Waals surface area contributed by atoms with Crippen LogP contribution in [0.25, 0.3) is 0 Å². The zero-order chi connectivity index (χ0) is 17.1. The maximum absolute atomic E-state index is 4.34. The summed E-state index contributed by atoms with van der Waals surface area (Å²) in [6.07, 6.45) is 6.62. The summed E-state index contributed by atoms with van der Waals surface area (Å²) in [6, 6.07) is 0.559. The highest BCUT2D eigenvalue weighted by molar-refractivity contribution is 5.79. The fourth-order valence-corrected chi connectivity index (χ4v) is 2.99. The van der Waals surface area contributed by atoms with Gasteiger partial charge in [0.25, 0.3) is 0 Å². The lowest BCUT2D eigenvalue weighted by atomic mass is 10.0. The van der Waals surface area contributed by atoms with Crippen LogP contribution in [0.5, 0.6) is 0 Å². The van der Waals surface area contributed by atoms with Crippen molar-refractivity contribution in [2.45, 2.75) is 52.0 Å². The Bertz CT molecular complexity index is 329. The van der Waals surface area contributed by atoms with Crippen molar-refractivity contribution >= 4 is 5.96 Å². The van der Waals surface area contributed by atoms with E-state index < -0.39 is 0 Å². The van der Waals surface area contributed by atoms with Crippen molar-refractivity contribution < 1.29 is 0 Å². The summed E-state index contributed by atoms with van der Waals surface area (Å²) >= 11 is 0. The molecule has 1 aliphatic heterocycles. The standard InChI is InChI=1S/C18H39N5/c1-16(2)10-8-6-7-9-11-20-18(19-3)21-14-17-15-22(4)12-13-23(17)5/h16-17H,6-15H2,1-5H3,(H2,19,20,21). The van der Waals surface area contributed by atoms with E-state index in [0.29, 0.717) is 6.04 Å². The summed E-state index contributed by atoms with van der Waals surface area (Å²) in [5.74, 6) is 1.78. The fourth-order valence-electron chi connectivity index (χ4n) is 2.99. The lowest BCUT2D eigenvalue weighted by molar-refractivity contribution is 0.116. The summed E-state index contributed by atoms with van der Waals surface area (Å²) in [6.45, 7) is 10.0. The predicted molar refractivity (Wildman–Crippen MR) is 101 cm³/mol. The van der Waals surface area contributed by atoms with E-state index in [2.05, 4.69) is 53.4 Å². The second kappa shape index (κ2) is 11.7. The molecule has 0 spiro atoms. The molecule has 1 saturated heterocycles. The molecule has 0 bridgehead atoms. The van der Waals surface area contributed by atoms with Crippen molar-refractivity contribution in [2.24, 2.45) is 10.9 Å². The van der Waals surface area contributed by atoms with E-state index >= 15 is 0 Å². The molecule has 0 aromatic heterocycles. The van der Waals surface area contributed by atoms with Gasteiger partial charge in [-0.3, -0.25) is 9.89 Å². The Morgan fingerprint density at radius 2 is 1.83 bits per heavy atom. The third kappa shape index (κ3) is 9.16. The first-order chi connectivity index (χ1) is 11.0. The number of hydrogen-bond acceptors (Lipinski definition) is 3. The van der Waals surface area contributed by atoms with Gasteiger partial charge in [0.15, 0.2) is 5.96 Å². The highest BCUT2D eigenvalue weighted by Gasteiger charge is 2.21. The normalized spacial score (nSPS) is 21.0. The lowest BCUT2D eigenvalue weighted by Crippen LogP contribution is -2.55. The molecular weight excluding hydrogens is 286 g/mol. The van der Waals surface area contributed by atoms with Gasteiger partial charge in [-0.1, -0.05) is 39.5 Å². The number of likely N-dealkylation sites (N-methyl/N-ethyl adjacent to an activating group) is 2. The first-order valence-electron chi connectivity index (χ1n) is 9.36. The minimum absolute atomic E-state index is 0.559. The van der Waals surface area contributed by atoms with Gasteiger partial charge in [0.1, 0.15) is 0 Å². The number of rotatable bonds is 9. The van der Waals surface area contributed by atoms with Gasteiger partial charge in [-0.05, 0) is 26.4 Å². The quantitative estimate of drug-likeness (QED) is 0.387. The van der Waals surface area contributed by atoms with Crippen LogP contribution in [0.2, 0.25) is 0 Å². The van der Waals surface area contributed by atoms with Gasteiger partial charge in [-0.25, -0.2) is 0 Å². The summed E-state index contributed by atoms with van der Waals surface area (Å²) in [5.41, 5.74) is 0.